The average Bonchev–Trinajstić information content (AvgIpc) is 2.03. The second-order valence-electron chi connectivity index (χ2n) is 2.02. The van der Waals surface area contributed by atoms with Crippen LogP contribution in [0.15, 0.2) is 30.5 Å². The first kappa shape index (κ1) is 8.11. The van der Waals surface area contributed by atoms with Gasteiger partial charge in [0.25, 0.3) is 0 Å². The lowest BCUT2D eigenvalue weighted by atomic mass is 10.2. The SMILES string of the molecule is NNC=Cc1ccccc1Cl. The van der Waals surface area contributed by atoms with Crippen LogP contribution >= 0.6 is 11.6 Å². The third-order valence-corrected chi connectivity index (χ3v) is 1.61. The van der Waals surface area contributed by atoms with Gasteiger partial charge in [-0.2, -0.15) is 0 Å². The van der Waals surface area contributed by atoms with Crippen molar-refractivity contribution < 1.29 is 0 Å². The van der Waals surface area contributed by atoms with Crippen LogP contribution in [0.2, 0.25) is 5.02 Å². The van der Waals surface area contributed by atoms with Crippen LogP contribution in [0.4, 0.5) is 0 Å². The van der Waals surface area contributed by atoms with Crippen molar-refractivity contribution in [2.24, 2.45) is 5.84 Å². The smallest absolute Gasteiger partial charge is 0.0478 e. The predicted octanol–water partition coefficient (Wildman–Crippen LogP) is 1.77. The quantitative estimate of drug-likeness (QED) is 0.522. The van der Waals surface area contributed by atoms with Crippen LogP contribution < -0.4 is 11.3 Å². The van der Waals surface area contributed by atoms with E-state index in [0.717, 1.165) is 10.6 Å². The third kappa shape index (κ3) is 2.26. The van der Waals surface area contributed by atoms with E-state index in [4.69, 9.17) is 17.4 Å². The molecule has 0 atom stereocenters. The molecule has 3 heteroatoms. The van der Waals surface area contributed by atoms with E-state index in [-0.39, 0.29) is 0 Å². The van der Waals surface area contributed by atoms with Gasteiger partial charge in [-0.25, -0.2) is 0 Å². The monoisotopic (exact) mass is 168 g/mol. The molecular weight excluding hydrogens is 160 g/mol. The van der Waals surface area contributed by atoms with E-state index >= 15 is 0 Å². The van der Waals surface area contributed by atoms with Crippen molar-refractivity contribution in [2.45, 2.75) is 0 Å². The summed E-state index contributed by atoms with van der Waals surface area (Å²) in [5.74, 6) is 5.05. The number of hydrazine groups is 1. The maximum atomic E-state index is 5.84. The predicted molar refractivity (Wildman–Crippen MR) is 47.8 cm³/mol. The van der Waals surface area contributed by atoms with Gasteiger partial charge in [0.1, 0.15) is 0 Å². The molecule has 11 heavy (non-hydrogen) atoms. The summed E-state index contributed by atoms with van der Waals surface area (Å²) in [6, 6.07) is 7.55. The maximum Gasteiger partial charge on any atom is 0.0478 e. The molecule has 0 unspecified atom stereocenters. The summed E-state index contributed by atoms with van der Waals surface area (Å²) in [7, 11) is 0. The molecule has 0 spiro atoms. The molecule has 0 aliphatic rings. The van der Waals surface area contributed by atoms with Crippen molar-refractivity contribution in [1.82, 2.24) is 5.43 Å². The summed E-state index contributed by atoms with van der Waals surface area (Å²) in [6.07, 6.45) is 3.43. The van der Waals surface area contributed by atoms with Gasteiger partial charge in [0.15, 0.2) is 0 Å². The van der Waals surface area contributed by atoms with Gasteiger partial charge in [0.2, 0.25) is 0 Å². The van der Waals surface area contributed by atoms with Crippen LogP contribution in [-0.4, -0.2) is 0 Å². The lowest BCUT2D eigenvalue weighted by Gasteiger charge is -1.95. The highest BCUT2D eigenvalue weighted by Gasteiger charge is 1.91. The molecule has 0 aromatic heterocycles. The average molecular weight is 169 g/mol. The molecule has 0 heterocycles. The molecule has 0 fully saturated rings. The highest BCUT2D eigenvalue weighted by molar-refractivity contribution is 6.32. The van der Waals surface area contributed by atoms with Gasteiger partial charge < -0.3 is 5.43 Å². The fourth-order valence-corrected chi connectivity index (χ4v) is 0.947. The highest BCUT2D eigenvalue weighted by Crippen LogP contribution is 2.15. The van der Waals surface area contributed by atoms with Crippen molar-refractivity contribution in [3.05, 3.63) is 41.1 Å². The molecule has 0 aliphatic carbocycles. The number of hydrogen-bond donors (Lipinski definition) is 2. The summed E-state index contributed by atoms with van der Waals surface area (Å²) in [4.78, 5) is 0. The minimum absolute atomic E-state index is 0.721. The Bertz CT molecular complexity index is 258. The van der Waals surface area contributed by atoms with Crippen molar-refractivity contribution in [2.75, 3.05) is 0 Å². The second kappa shape index (κ2) is 4.01. The zero-order valence-corrected chi connectivity index (χ0v) is 6.68. The Morgan fingerprint density at radius 2 is 2.09 bits per heavy atom. The van der Waals surface area contributed by atoms with Crippen molar-refractivity contribution >= 4 is 17.7 Å². The third-order valence-electron chi connectivity index (χ3n) is 1.26. The summed E-state index contributed by atoms with van der Waals surface area (Å²) < 4.78 is 0. The van der Waals surface area contributed by atoms with Crippen LogP contribution in [-0.2, 0) is 0 Å². The normalized spacial score (nSPS) is 10.4. The molecule has 0 aliphatic heterocycles. The molecule has 0 saturated heterocycles. The first-order valence-corrected chi connectivity index (χ1v) is 3.59. The van der Waals surface area contributed by atoms with Crippen molar-refractivity contribution in [3.8, 4) is 0 Å². The fourth-order valence-electron chi connectivity index (χ4n) is 0.748. The van der Waals surface area contributed by atoms with Gasteiger partial charge in [-0.05, 0) is 17.7 Å². The summed E-state index contributed by atoms with van der Waals surface area (Å²) in [6.45, 7) is 0. The van der Waals surface area contributed by atoms with Gasteiger partial charge >= 0.3 is 0 Å². The Balaban J connectivity index is 2.86. The van der Waals surface area contributed by atoms with Crippen LogP contribution in [0.5, 0.6) is 0 Å². The van der Waals surface area contributed by atoms with Gasteiger partial charge in [-0.15, -0.1) is 0 Å². The molecule has 0 saturated carbocycles. The molecule has 0 bridgehead atoms. The van der Waals surface area contributed by atoms with Gasteiger partial charge in [0.05, 0.1) is 0 Å². The minimum atomic E-state index is 0.721. The van der Waals surface area contributed by atoms with Crippen molar-refractivity contribution in [3.63, 3.8) is 0 Å². The minimum Gasteiger partial charge on any atom is -0.331 e. The Hall–Kier alpha value is -0.990. The zero-order valence-electron chi connectivity index (χ0n) is 5.92. The first-order valence-electron chi connectivity index (χ1n) is 3.22. The summed E-state index contributed by atoms with van der Waals surface area (Å²) in [5.41, 5.74) is 3.36. The van der Waals surface area contributed by atoms with Crippen LogP contribution in [0.3, 0.4) is 0 Å². The van der Waals surface area contributed by atoms with Crippen molar-refractivity contribution in [1.29, 1.82) is 0 Å². The van der Waals surface area contributed by atoms with E-state index < -0.39 is 0 Å². The number of halogens is 1. The lowest BCUT2D eigenvalue weighted by molar-refractivity contribution is 0.974. The molecule has 1 rings (SSSR count). The Kier molecular flexibility index (Phi) is 2.95. The molecule has 1 aromatic carbocycles. The van der Waals surface area contributed by atoms with E-state index in [2.05, 4.69) is 5.43 Å². The van der Waals surface area contributed by atoms with Crippen LogP contribution in [0.1, 0.15) is 5.56 Å². The highest BCUT2D eigenvalue weighted by atomic mass is 35.5. The van der Waals surface area contributed by atoms with E-state index in [9.17, 15) is 0 Å². The number of nitrogens with two attached hydrogens (primary N) is 1. The molecule has 58 valence electrons. The second-order valence-corrected chi connectivity index (χ2v) is 2.43. The number of rotatable bonds is 2. The molecule has 3 N–H and O–H groups in total. The molecule has 0 amide bonds. The van der Waals surface area contributed by atoms with Crippen LogP contribution in [0, 0.1) is 0 Å². The molecular formula is C8H9ClN2. The lowest BCUT2D eigenvalue weighted by Crippen LogP contribution is -2.12. The number of nitrogens with one attached hydrogen (secondary N) is 1. The maximum absolute atomic E-state index is 5.84. The first-order chi connectivity index (χ1) is 5.34. The number of hydrogen-bond acceptors (Lipinski definition) is 2. The number of benzene rings is 1. The van der Waals surface area contributed by atoms with Gasteiger partial charge in [0, 0.05) is 11.2 Å². The topological polar surface area (TPSA) is 38.0 Å². The van der Waals surface area contributed by atoms with E-state index in [1.807, 2.05) is 30.3 Å². The van der Waals surface area contributed by atoms with E-state index in [1.54, 1.807) is 6.20 Å². The Morgan fingerprint density at radius 1 is 1.36 bits per heavy atom. The van der Waals surface area contributed by atoms with Gasteiger partial charge in [-0.1, -0.05) is 29.8 Å². The Labute approximate surface area is 70.6 Å². The molecule has 0 radical (unpaired) electrons. The van der Waals surface area contributed by atoms with Crippen LogP contribution in [0.25, 0.3) is 6.08 Å². The molecule has 1 aromatic rings. The van der Waals surface area contributed by atoms with Gasteiger partial charge in [-0.3, -0.25) is 5.84 Å². The summed E-state index contributed by atoms with van der Waals surface area (Å²) in [5, 5.41) is 0.721. The standard InChI is InChI=1S/C8H9ClN2/c9-8-4-2-1-3-7(8)5-6-11-10/h1-6,11H,10H2. The summed E-state index contributed by atoms with van der Waals surface area (Å²) >= 11 is 5.84. The van der Waals surface area contributed by atoms with E-state index in [0.29, 0.717) is 0 Å². The fraction of sp³-hybridized carbons (Fsp3) is 0. The molecule has 2 nitrogen and oxygen atoms in total. The van der Waals surface area contributed by atoms with E-state index in [1.165, 1.54) is 0 Å². The largest absolute Gasteiger partial charge is 0.331 e. The zero-order chi connectivity index (χ0) is 8.10. The Morgan fingerprint density at radius 3 is 2.73 bits per heavy atom.